The summed E-state index contributed by atoms with van der Waals surface area (Å²) in [5.74, 6) is -3.63. The van der Waals surface area contributed by atoms with Crippen molar-refractivity contribution in [3.05, 3.63) is 113 Å². The summed E-state index contributed by atoms with van der Waals surface area (Å²) in [5, 5.41) is 0. The van der Waals surface area contributed by atoms with Crippen LogP contribution in [0.15, 0.2) is 96.8 Å². The molecule has 3 fully saturated rings. The van der Waals surface area contributed by atoms with Gasteiger partial charge in [-0.3, -0.25) is 19.3 Å². The van der Waals surface area contributed by atoms with E-state index in [1.54, 1.807) is 12.1 Å². The quantitative estimate of drug-likeness (QED) is 0.292. The summed E-state index contributed by atoms with van der Waals surface area (Å²) in [6, 6.07) is 24.5. The number of carbonyl (C=O) groups excluding carboxylic acids is 3. The summed E-state index contributed by atoms with van der Waals surface area (Å²) < 4.78 is 24.2. The van der Waals surface area contributed by atoms with E-state index >= 15 is 0 Å². The highest BCUT2D eigenvalue weighted by Gasteiger charge is 2.66. The van der Waals surface area contributed by atoms with Crippen LogP contribution in [-0.4, -0.2) is 52.9 Å². The van der Waals surface area contributed by atoms with E-state index < -0.39 is 54.0 Å². The Morgan fingerprint density at radius 3 is 2.14 bits per heavy atom. The Hall–Kier alpha value is -4.31. The molecule has 0 aliphatic carbocycles. The predicted molar refractivity (Wildman–Crippen MR) is 159 cm³/mol. The van der Waals surface area contributed by atoms with Gasteiger partial charge in [-0.1, -0.05) is 78.4 Å². The maximum Gasteiger partial charge on any atom is 0.324 e. The van der Waals surface area contributed by atoms with E-state index in [1.807, 2.05) is 105 Å². The van der Waals surface area contributed by atoms with Crippen molar-refractivity contribution in [3.8, 4) is 0 Å². The van der Waals surface area contributed by atoms with Crippen molar-refractivity contribution in [1.82, 2.24) is 4.90 Å². The highest BCUT2D eigenvalue weighted by molar-refractivity contribution is 6.23. The van der Waals surface area contributed by atoms with Gasteiger partial charge < -0.3 is 18.9 Å². The molecular weight excluding hydrogens is 560 g/mol. The number of nitrogens with zero attached hydrogens (tertiary/aromatic N) is 2. The summed E-state index contributed by atoms with van der Waals surface area (Å²) in [6.45, 7) is 5.90. The van der Waals surface area contributed by atoms with E-state index in [0.717, 1.165) is 16.7 Å². The molecule has 0 unspecified atom stereocenters. The molecule has 0 radical (unpaired) electrons. The number of imide groups is 1. The molecule has 4 aliphatic heterocycles. The van der Waals surface area contributed by atoms with Crippen molar-refractivity contribution in [1.29, 1.82) is 0 Å². The van der Waals surface area contributed by atoms with Crippen LogP contribution in [-0.2, 0) is 46.5 Å². The molecule has 3 aromatic rings. The highest BCUT2D eigenvalue weighted by atomic mass is 16.8. The molecule has 0 aromatic heterocycles. The number of benzene rings is 3. The third kappa shape index (κ3) is 5.00. The smallest absolute Gasteiger partial charge is 0.324 e. The number of ether oxygens (including phenoxy) is 4. The molecule has 6 atom stereocenters. The number of hydrogen-bond donors (Lipinski definition) is 0. The molecule has 0 bridgehead atoms. The summed E-state index contributed by atoms with van der Waals surface area (Å²) in [4.78, 5) is 45.8. The van der Waals surface area contributed by atoms with Gasteiger partial charge in [0.2, 0.25) is 18.1 Å². The molecule has 7 rings (SSSR count). The van der Waals surface area contributed by atoms with E-state index in [9.17, 15) is 14.4 Å². The molecule has 226 valence electrons. The number of likely N-dealkylation sites (tertiary alicyclic amines) is 1. The first kappa shape index (κ1) is 28.5. The van der Waals surface area contributed by atoms with Gasteiger partial charge in [0.15, 0.2) is 5.79 Å². The number of esters is 1. The molecule has 2 amide bonds. The lowest BCUT2D eigenvalue weighted by Gasteiger charge is -2.33. The Kier molecular flexibility index (Phi) is 7.11. The Bertz CT molecular complexity index is 1600. The Labute approximate surface area is 255 Å². The van der Waals surface area contributed by atoms with Crippen LogP contribution < -0.4 is 4.90 Å². The Morgan fingerprint density at radius 1 is 0.841 bits per heavy atom. The highest BCUT2D eigenvalue weighted by Crippen LogP contribution is 2.50. The molecule has 44 heavy (non-hydrogen) atoms. The van der Waals surface area contributed by atoms with Crippen LogP contribution in [0, 0.1) is 18.8 Å². The summed E-state index contributed by atoms with van der Waals surface area (Å²) in [6.07, 6.45) is 0.645. The van der Waals surface area contributed by atoms with Gasteiger partial charge in [-0.15, -0.1) is 0 Å². The largest absolute Gasteiger partial charge is 0.465 e. The van der Waals surface area contributed by atoms with Crippen LogP contribution in [0.1, 0.15) is 30.5 Å². The third-order valence-corrected chi connectivity index (χ3v) is 8.72. The Morgan fingerprint density at radius 2 is 1.48 bits per heavy atom. The van der Waals surface area contributed by atoms with Gasteiger partial charge in [-0.2, -0.15) is 0 Å². The van der Waals surface area contributed by atoms with Gasteiger partial charge in [0, 0.05) is 6.54 Å². The monoisotopic (exact) mass is 594 g/mol. The normalized spacial score (nSPS) is 28.9. The van der Waals surface area contributed by atoms with Gasteiger partial charge in [0.1, 0.15) is 24.5 Å². The van der Waals surface area contributed by atoms with E-state index in [1.165, 1.54) is 4.90 Å². The average Bonchev–Trinajstić information content (AvgIpc) is 3.69. The molecule has 3 saturated heterocycles. The van der Waals surface area contributed by atoms with Crippen LogP contribution in [0.5, 0.6) is 0 Å². The molecule has 9 heteroatoms. The fourth-order valence-electron chi connectivity index (χ4n) is 6.80. The summed E-state index contributed by atoms with van der Waals surface area (Å²) in [7, 11) is 0. The minimum absolute atomic E-state index is 0.0430. The summed E-state index contributed by atoms with van der Waals surface area (Å²) in [5.41, 5.74) is 3.21. The van der Waals surface area contributed by atoms with Crippen LogP contribution in [0.25, 0.3) is 0 Å². The lowest BCUT2D eigenvalue weighted by atomic mass is 9.88. The number of fused-ring (bicyclic) bond motifs is 2. The minimum Gasteiger partial charge on any atom is -0.465 e. The maximum absolute atomic E-state index is 14.3. The molecule has 0 saturated carbocycles. The molecule has 4 aliphatic rings. The molecule has 3 aromatic carbocycles. The van der Waals surface area contributed by atoms with E-state index in [2.05, 4.69) is 0 Å². The zero-order valence-electron chi connectivity index (χ0n) is 24.8. The average molecular weight is 595 g/mol. The lowest BCUT2D eigenvalue weighted by Crippen LogP contribution is -2.49. The SMILES string of the molecule is Cc1ccc(N2C(=O)[C@@H]3[C@H](C2=O)[C@@H](C2=C[C@H]4OC(C)(C)O[C@H]4O2)N(Cc2ccccc2)[C@@H]3C(=O)OCc2ccccc2)cc1. The first-order valence-electron chi connectivity index (χ1n) is 14.9. The Balaban J connectivity index is 1.30. The zero-order chi connectivity index (χ0) is 30.6. The van der Waals surface area contributed by atoms with Crippen LogP contribution in [0.3, 0.4) is 0 Å². The van der Waals surface area contributed by atoms with E-state index in [4.69, 9.17) is 18.9 Å². The molecule has 9 nitrogen and oxygen atoms in total. The fourth-order valence-corrected chi connectivity index (χ4v) is 6.80. The van der Waals surface area contributed by atoms with Crippen molar-refractivity contribution < 1.29 is 33.3 Å². The van der Waals surface area contributed by atoms with Gasteiger partial charge in [-0.05, 0) is 50.1 Å². The van der Waals surface area contributed by atoms with Crippen molar-refractivity contribution in [3.63, 3.8) is 0 Å². The number of carbonyl (C=O) groups is 3. The van der Waals surface area contributed by atoms with Gasteiger partial charge >= 0.3 is 5.97 Å². The predicted octanol–water partition coefficient (Wildman–Crippen LogP) is 4.49. The molecule has 0 N–H and O–H groups in total. The van der Waals surface area contributed by atoms with E-state index in [0.29, 0.717) is 11.4 Å². The lowest BCUT2D eigenvalue weighted by molar-refractivity contribution is -0.184. The van der Waals surface area contributed by atoms with Gasteiger partial charge in [0.25, 0.3) is 0 Å². The number of rotatable bonds is 7. The van der Waals surface area contributed by atoms with Crippen molar-refractivity contribution >= 4 is 23.5 Å². The fraction of sp³-hybridized carbons (Fsp3) is 0.343. The van der Waals surface area contributed by atoms with Crippen LogP contribution in [0.4, 0.5) is 5.69 Å². The van der Waals surface area contributed by atoms with Crippen molar-refractivity contribution in [2.75, 3.05) is 4.90 Å². The first-order valence-corrected chi connectivity index (χ1v) is 14.9. The number of hydrogen-bond acceptors (Lipinski definition) is 8. The topological polar surface area (TPSA) is 94.6 Å². The minimum atomic E-state index is -1.04. The molecule has 4 heterocycles. The second-order valence-corrected chi connectivity index (χ2v) is 12.2. The zero-order valence-corrected chi connectivity index (χ0v) is 24.8. The number of amides is 2. The van der Waals surface area contributed by atoms with Crippen LogP contribution >= 0.6 is 0 Å². The number of aryl methyl sites for hydroxylation is 1. The van der Waals surface area contributed by atoms with Crippen molar-refractivity contribution in [2.24, 2.45) is 11.8 Å². The van der Waals surface area contributed by atoms with E-state index in [-0.39, 0.29) is 19.1 Å². The molecular formula is C35H34N2O7. The maximum atomic E-state index is 14.3. The first-order chi connectivity index (χ1) is 21.2. The van der Waals surface area contributed by atoms with Crippen molar-refractivity contribution in [2.45, 2.75) is 64.2 Å². The van der Waals surface area contributed by atoms with Gasteiger partial charge in [-0.25, -0.2) is 4.90 Å². The van der Waals surface area contributed by atoms with Gasteiger partial charge in [0.05, 0.1) is 23.6 Å². The number of anilines is 1. The standard InChI is InChI=1S/C35H34N2O7/c1-21-14-16-24(17-15-21)37-31(38)27-28(32(37)39)30(33(40)41-20-23-12-8-5-9-13-23)36(19-22-10-6-4-7-11-22)29(27)25-18-26-34(42-25)44-35(2,3)43-26/h4-18,26-30,34H,19-20H2,1-3H3/t26-,27+,28-,29-,30+,34-/m1/s1. The summed E-state index contributed by atoms with van der Waals surface area (Å²) >= 11 is 0. The second kappa shape index (κ2) is 11.0. The second-order valence-electron chi connectivity index (χ2n) is 12.2. The van der Waals surface area contributed by atoms with Crippen LogP contribution in [0.2, 0.25) is 0 Å². The molecule has 0 spiro atoms. The third-order valence-electron chi connectivity index (χ3n) is 8.72.